The number of nitrogens with one attached hydrogen (secondary N) is 3. The number of aromatic amines is 1. The van der Waals surface area contributed by atoms with Crippen LogP contribution in [0.1, 0.15) is 41.6 Å². The minimum Gasteiger partial charge on any atom is -0.361 e. The minimum atomic E-state index is -0.113. The van der Waals surface area contributed by atoms with Crippen molar-refractivity contribution < 1.29 is 9.59 Å². The van der Waals surface area contributed by atoms with E-state index in [0.717, 1.165) is 40.2 Å². The number of para-hydroxylation sites is 1. The number of amides is 2. The van der Waals surface area contributed by atoms with E-state index >= 15 is 0 Å². The number of rotatable bonds is 9. The first-order valence-corrected chi connectivity index (χ1v) is 10.3. The molecule has 0 saturated carbocycles. The van der Waals surface area contributed by atoms with Gasteiger partial charge in [-0.25, -0.2) is 5.43 Å². The summed E-state index contributed by atoms with van der Waals surface area (Å²) in [4.78, 5) is 27.1. The maximum absolute atomic E-state index is 12.1. The molecule has 0 bridgehead atoms. The molecule has 0 aliphatic heterocycles. The standard InChI is InChI=1S/C22H23BrN4O2/c23-19-10-5-3-9-18(19)22(29)24-13-7-1-2-12-21(28)27-26-15-16-14-25-20-11-6-4-8-17(16)20/h3-6,8-11,14-15,25H,1-2,7,12-13H2,(H,24,29)(H,27,28). The van der Waals surface area contributed by atoms with Gasteiger partial charge in [0.05, 0.1) is 11.8 Å². The molecule has 3 rings (SSSR count). The molecule has 3 N–H and O–H groups in total. The van der Waals surface area contributed by atoms with Crippen LogP contribution in [0.5, 0.6) is 0 Å². The number of nitrogens with zero attached hydrogens (tertiary/aromatic N) is 1. The fraction of sp³-hybridized carbons (Fsp3) is 0.227. The van der Waals surface area contributed by atoms with Crippen LogP contribution in [-0.2, 0) is 4.79 Å². The van der Waals surface area contributed by atoms with Crippen molar-refractivity contribution >= 4 is 44.9 Å². The second-order valence-corrected chi connectivity index (χ2v) is 7.48. The molecule has 6 nitrogen and oxygen atoms in total. The Bertz CT molecular complexity index is 1010. The number of unbranched alkanes of at least 4 members (excludes halogenated alkanes) is 2. The van der Waals surface area contributed by atoms with Gasteiger partial charge in [0.2, 0.25) is 5.91 Å². The number of hydrazone groups is 1. The molecule has 0 radical (unpaired) electrons. The Balaban J connectivity index is 1.30. The number of hydrogen-bond donors (Lipinski definition) is 3. The van der Waals surface area contributed by atoms with Crippen LogP contribution >= 0.6 is 15.9 Å². The smallest absolute Gasteiger partial charge is 0.252 e. The monoisotopic (exact) mass is 454 g/mol. The summed E-state index contributed by atoms with van der Waals surface area (Å²) in [6.07, 6.45) is 6.34. The molecular weight excluding hydrogens is 432 g/mol. The highest BCUT2D eigenvalue weighted by Gasteiger charge is 2.08. The van der Waals surface area contributed by atoms with Gasteiger partial charge in [0, 0.05) is 40.1 Å². The maximum Gasteiger partial charge on any atom is 0.252 e. The van der Waals surface area contributed by atoms with Crippen molar-refractivity contribution in [1.82, 2.24) is 15.7 Å². The first-order chi connectivity index (χ1) is 14.1. The van der Waals surface area contributed by atoms with E-state index in [2.05, 4.69) is 36.8 Å². The molecular formula is C22H23BrN4O2. The van der Waals surface area contributed by atoms with Gasteiger partial charge in [-0.3, -0.25) is 9.59 Å². The van der Waals surface area contributed by atoms with E-state index in [1.807, 2.05) is 48.7 Å². The van der Waals surface area contributed by atoms with Crippen molar-refractivity contribution in [2.75, 3.05) is 6.54 Å². The molecule has 7 heteroatoms. The van der Waals surface area contributed by atoms with Crippen molar-refractivity contribution in [2.24, 2.45) is 5.10 Å². The van der Waals surface area contributed by atoms with Gasteiger partial charge in [-0.05, 0) is 47.0 Å². The van der Waals surface area contributed by atoms with Gasteiger partial charge in [-0.15, -0.1) is 0 Å². The Hall–Kier alpha value is -2.93. The molecule has 29 heavy (non-hydrogen) atoms. The molecule has 2 amide bonds. The van der Waals surface area contributed by atoms with Crippen LogP contribution in [0.4, 0.5) is 0 Å². The normalized spacial score (nSPS) is 11.1. The van der Waals surface area contributed by atoms with E-state index in [1.54, 1.807) is 12.3 Å². The van der Waals surface area contributed by atoms with Crippen molar-refractivity contribution in [1.29, 1.82) is 0 Å². The first-order valence-electron chi connectivity index (χ1n) is 9.56. The zero-order valence-electron chi connectivity index (χ0n) is 16.0. The molecule has 0 spiro atoms. The molecule has 0 aliphatic rings. The molecule has 0 atom stereocenters. The van der Waals surface area contributed by atoms with Crippen LogP contribution in [0.3, 0.4) is 0 Å². The van der Waals surface area contributed by atoms with E-state index in [-0.39, 0.29) is 11.8 Å². The number of H-pyrrole nitrogens is 1. The fourth-order valence-corrected chi connectivity index (χ4v) is 3.43. The summed E-state index contributed by atoms with van der Waals surface area (Å²) in [5.74, 6) is -0.208. The average Bonchev–Trinajstić information content (AvgIpc) is 3.14. The van der Waals surface area contributed by atoms with Gasteiger partial charge in [0.1, 0.15) is 0 Å². The highest BCUT2D eigenvalue weighted by Crippen LogP contribution is 2.16. The summed E-state index contributed by atoms with van der Waals surface area (Å²) in [7, 11) is 0. The molecule has 0 fully saturated rings. The molecule has 1 heterocycles. The van der Waals surface area contributed by atoms with Crippen LogP contribution < -0.4 is 10.7 Å². The van der Waals surface area contributed by atoms with Gasteiger partial charge >= 0.3 is 0 Å². The molecule has 150 valence electrons. The molecule has 2 aromatic carbocycles. The second-order valence-electron chi connectivity index (χ2n) is 6.63. The first kappa shape index (κ1) is 20.8. The lowest BCUT2D eigenvalue weighted by molar-refractivity contribution is -0.121. The summed E-state index contributed by atoms with van der Waals surface area (Å²) in [6.45, 7) is 0.584. The van der Waals surface area contributed by atoms with E-state index in [1.165, 1.54) is 0 Å². The SMILES string of the molecule is O=C(CCCCCNC(=O)c1ccccc1Br)NN=Cc1c[nH]c2ccccc12. The third-order valence-electron chi connectivity index (χ3n) is 4.50. The Morgan fingerprint density at radius 1 is 1.03 bits per heavy atom. The van der Waals surface area contributed by atoms with Crippen LogP contribution in [0, 0.1) is 0 Å². The van der Waals surface area contributed by atoms with Crippen molar-refractivity contribution in [3.63, 3.8) is 0 Å². The van der Waals surface area contributed by atoms with Gasteiger partial charge in [-0.2, -0.15) is 5.10 Å². The van der Waals surface area contributed by atoms with Gasteiger partial charge in [0.15, 0.2) is 0 Å². The summed E-state index contributed by atoms with van der Waals surface area (Å²) in [5.41, 5.74) is 5.16. The fourth-order valence-electron chi connectivity index (χ4n) is 2.96. The summed E-state index contributed by atoms with van der Waals surface area (Å²) in [5, 5.41) is 8.00. The zero-order valence-corrected chi connectivity index (χ0v) is 17.5. The quantitative estimate of drug-likeness (QED) is 0.254. The number of carbonyl (C=O) groups excluding carboxylic acids is 2. The van der Waals surface area contributed by atoms with Crippen LogP contribution in [0.2, 0.25) is 0 Å². The second kappa shape index (κ2) is 10.6. The molecule has 0 unspecified atom stereocenters. The number of fused-ring (bicyclic) bond motifs is 1. The van der Waals surface area contributed by atoms with E-state index in [0.29, 0.717) is 18.5 Å². The minimum absolute atomic E-state index is 0.0955. The lowest BCUT2D eigenvalue weighted by Crippen LogP contribution is -2.24. The predicted molar refractivity (Wildman–Crippen MR) is 119 cm³/mol. The Labute approximate surface area is 177 Å². The molecule has 3 aromatic rings. The third-order valence-corrected chi connectivity index (χ3v) is 5.19. The Morgan fingerprint density at radius 3 is 2.69 bits per heavy atom. The zero-order chi connectivity index (χ0) is 20.5. The molecule has 0 aliphatic carbocycles. The number of hydrogen-bond acceptors (Lipinski definition) is 3. The Kier molecular flexibility index (Phi) is 7.58. The van der Waals surface area contributed by atoms with Crippen molar-refractivity contribution in [2.45, 2.75) is 25.7 Å². The van der Waals surface area contributed by atoms with Crippen LogP contribution in [-0.4, -0.2) is 29.6 Å². The summed E-state index contributed by atoms with van der Waals surface area (Å²) in [6, 6.07) is 15.3. The number of benzene rings is 2. The topological polar surface area (TPSA) is 86.3 Å². The molecule has 0 saturated heterocycles. The lowest BCUT2D eigenvalue weighted by Gasteiger charge is -2.06. The average molecular weight is 455 g/mol. The van der Waals surface area contributed by atoms with Crippen LogP contribution in [0.25, 0.3) is 10.9 Å². The van der Waals surface area contributed by atoms with E-state index < -0.39 is 0 Å². The number of aromatic nitrogens is 1. The molecule has 1 aromatic heterocycles. The van der Waals surface area contributed by atoms with Gasteiger partial charge < -0.3 is 10.3 Å². The van der Waals surface area contributed by atoms with E-state index in [4.69, 9.17) is 0 Å². The summed E-state index contributed by atoms with van der Waals surface area (Å²) >= 11 is 3.37. The Morgan fingerprint density at radius 2 is 1.83 bits per heavy atom. The highest BCUT2D eigenvalue weighted by molar-refractivity contribution is 9.10. The van der Waals surface area contributed by atoms with Gasteiger partial charge in [-0.1, -0.05) is 36.8 Å². The maximum atomic E-state index is 12.1. The van der Waals surface area contributed by atoms with Crippen molar-refractivity contribution in [3.05, 3.63) is 70.3 Å². The van der Waals surface area contributed by atoms with Crippen molar-refractivity contribution in [3.8, 4) is 0 Å². The predicted octanol–water partition coefficient (Wildman–Crippen LogP) is 4.37. The van der Waals surface area contributed by atoms with Gasteiger partial charge in [0.25, 0.3) is 5.91 Å². The number of carbonyl (C=O) groups is 2. The largest absolute Gasteiger partial charge is 0.361 e. The summed E-state index contributed by atoms with van der Waals surface area (Å²) < 4.78 is 0.780. The van der Waals surface area contributed by atoms with E-state index in [9.17, 15) is 9.59 Å². The number of halogens is 1. The lowest BCUT2D eigenvalue weighted by atomic mass is 10.2. The highest BCUT2D eigenvalue weighted by atomic mass is 79.9. The third kappa shape index (κ3) is 6.02. The van der Waals surface area contributed by atoms with Crippen LogP contribution in [0.15, 0.2) is 64.3 Å².